The lowest BCUT2D eigenvalue weighted by Crippen LogP contribution is -2.49. The van der Waals surface area contributed by atoms with Crippen LogP contribution in [0.25, 0.3) is 0 Å². The fourth-order valence-electron chi connectivity index (χ4n) is 4.49. The van der Waals surface area contributed by atoms with Crippen LogP contribution in [-0.4, -0.2) is 62.2 Å². The van der Waals surface area contributed by atoms with Crippen molar-refractivity contribution in [3.8, 4) is 0 Å². The van der Waals surface area contributed by atoms with E-state index in [1.165, 1.54) is 23.3 Å². The van der Waals surface area contributed by atoms with Gasteiger partial charge in [0, 0.05) is 31.7 Å². The average Bonchev–Trinajstić information content (AvgIpc) is 2.84. The first-order valence-corrected chi connectivity index (χ1v) is 13.0. The Kier molecular flexibility index (Phi) is 7.14. The van der Waals surface area contributed by atoms with Crippen LogP contribution in [0.4, 0.5) is 0 Å². The third-order valence-corrected chi connectivity index (χ3v) is 8.43. The molecule has 176 valence electrons. The third kappa shape index (κ3) is 5.62. The quantitative estimate of drug-likeness (QED) is 0.705. The Bertz CT molecular complexity index is 1110. The normalized spacial score (nSPS) is 18.2. The van der Waals surface area contributed by atoms with E-state index in [9.17, 15) is 18.0 Å². The summed E-state index contributed by atoms with van der Waals surface area (Å²) in [5, 5.41) is 2.63. The van der Waals surface area contributed by atoms with E-state index in [4.69, 9.17) is 0 Å². The molecule has 0 saturated carbocycles. The maximum atomic E-state index is 13.1. The summed E-state index contributed by atoms with van der Waals surface area (Å²) in [5.74, 6) is 0.134. The molecule has 0 spiro atoms. The highest BCUT2D eigenvalue weighted by Crippen LogP contribution is 2.25. The molecule has 8 heteroatoms. The highest BCUT2D eigenvalue weighted by molar-refractivity contribution is 7.89. The molecule has 0 unspecified atom stereocenters. The first-order chi connectivity index (χ1) is 15.8. The molecule has 2 aliphatic heterocycles. The monoisotopic (exact) mass is 469 g/mol. The van der Waals surface area contributed by atoms with Crippen molar-refractivity contribution in [1.82, 2.24) is 14.5 Å². The second-order valence-electron chi connectivity index (χ2n) is 8.98. The molecular formula is C25H31N3O4S. The minimum Gasteiger partial charge on any atom is -0.354 e. The zero-order valence-corrected chi connectivity index (χ0v) is 19.8. The largest absolute Gasteiger partial charge is 0.354 e. The number of nitrogens with one attached hydrogen (secondary N) is 1. The van der Waals surface area contributed by atoms with Crippen LogP contribution in [0.2, 0.25) is 0 Å². The van der Waals surface area contributed by atoms with E-state index < -0.39 is 10.0 Å². The van der Waals surface area contributed by atoms with Gasteiger partial charge in [0.2, 0.25) is 15.9 Å². The molecule has 2 amide bonds. The molecule has 2 saturated heterocycles. The van der Waals surface area contributed by atoms with Crippen molar-refractivity contribution in [3.05, 3.63) is 65.2 Å². The Hall–Kier alpha value is -2.71. The van der Waals surface area contributed by atoms with Crippen LogP contribution in [0.15, 0.2) is 53.4 Å². The van der Waals surface area contributed by atoms with Crippen molar-refractivity contribution >= 4 is 21.8 Å². The Morgan fingerprint density at radius 3 is 2.48 bits per heavy atom. The molecular weight excluding hydrogens is 438 g/mol. The van der Waals surface area contributed by atoms with E-state index in [1.54, 1.807) is 12.1 Å². The summed E-state index contributed by atoms with van der Waals surface area (Å²) in [6.07, 6.45) is 4.08. The number of amides is 2. The summed E-state index contributed by atoms with van der Waals surface area (Å²) in [6, 6.07) is 14.8. The van der Waals surface area contributed by atoms with Gasteiger partial charge in [-0.1, -0.05) is 35.9 Å². The standard InChI is InChI=1S/C25H31N3O4S/c1-19-5-7-20(8-6-19)9-10-21-11-14-27(15-12-21)25(30)22-3-2-4-23(17-22)33(31,32)28-16-13-26-24(29)18-28/h2-8,17,21H,9-16,18H2,1H3,(H,26,29). The molecule has 2 aliphatic rings. The molecule has 4 rings (SSSR count). The summed E-state index contributed by atoms with van der Waals surface area (Å²) in [5.41, 5.74) is 2.99. The van der Waals surface area contributed by atoms with Gasteiger partial charge in [-0.05, 0) is 62.3 Å². The Morgan fingerprint density at radius 2 is 1.79 bits per heavy atom. The van der Waals surface area contributed by atoms with Gasteiger partial charge in [0.1, 0.15) is 0 Å². The van der Waals surface area contributed by atoms with Crippen LogP contribution in [0.5, 0.6) is 0 Å². The zero-order chi connectivity index (χ0) is 23.4. The topological polar surface area (TPSA) is 86.8 Å². The van der Waals surface area contributed by atoms with Gasteiger partial charge in [0.15, 0.2) is 0 Å². The van der Waals surface area contributed by atoms with Crippen molar-refractivity contribution in [3.63, 3.8) is 0 Å². The average molecular weight is 470 g/mol. The molecule has 0 aliphatic carbocycles. The number of likely N-dealkylation sites (tertiary alicyclic amines) is 1. The van der Waals surface area contributed by atoms with E-state index in [0.717, 1.165) is 30.0 Å². The molecule has 0 aromatic heterocycles. The number of benzene rings is 2. The van der Waals surface area contributed by atoms with Gasteiger partial charge in [0.05, 0.1) is 11.4 Å². The molecule has 2 fully saturated rings. The smallest absolute Gasteiger partial charge is 0.253 e. The van der Waals surface area contributed by atoms with Gasteiger partial charge < -0.3 is 10.2 Å². The van der Waals surface area contributed by atoms with Gasteiger partial charge in [-0.15, -0.1) is 0 Å². The SMILES string of the molecule is Cc1ccc(CCC2CCN(C(=O)c3cccc(S(=O)(=O)N4CCNC(=O)C4)c3)CC2)cc1. The van der Waals surface area contributed by atoms with Crippen molar-refractivity contribution in [1.29, 1.82) is 0 Å². The minimum absolute atomic E-state index is 0.0519. The van der Waals surface area contributed by atoms with Gasteiger partial charge in [-0.2, -0.15) is 4.31 Å². The number of hydrogen-bond donors (Lipinski definition) is 1. The van der Waals surface area contributed by atoms with Crippen molar-refractivity contribution < 1.29 is 18.0 Å². The van der Waals surface area contributed by atoms with E-state index in [-0.39, 0.29) is 36.3 Å². The summed E-state index contributed by atoms with van der Waals surface area (Å²) in [6.45, 7) is 3.77. The number of carbonyl (C=O) groups is 2. The van der Waals surface area contributed by atoms with Crippen molar-refractivity contribution in [2.24, 2.45) is 5.92 Å². The molecule has 2 heterocycles. The molecule has 2 aromatic rings. The minimum atomic E-state index is -3.83. The highest BCUT2D eigenvalue weighted by Gasteiger charge is 2.30. The summed E-state index contributed by atoms with van der Waals surface area (Å²) >= 11 is 0. The molecule has 1 N–H and O–H groups in total. The number of aryl methyl sites for hydroxylation is 2. The fourth-order valence-corrected chi connectivity index (χ4v) is 5.94. The molecule has 0 bridgehead atoms. The lowest BCUT2D eigenvalue weighted by atomic mass is 9.90. The van der Waals surface area contributed by atoms with Crippen LogP contribution >= 0.6 is 0 Å². The number of carbonyl (C=O) groups excluding carboxylic acids is 2. The summed E-state index contributed by atoms with van der Waals surface area (Å²) in [7, 11) is -3.83. The third-order valence-electron chi connectivity index (χ3n) is 6.59. The first-order valence-electron chi connectivity index (χ1n) is 11.5. The summed E-state index contributed by atoms with van der Waals surface area (Å²) in [4.78, 5) is 26.6. The number of rotatable bonds is 6. The highest BCUT2D eigenvalue weighted by atomic mass is 32.2. The van der Waals surface area contributed by atoms with E-state index in [0.29, 0.717) is 24.6 Å². The van der Waals surface area contributed by atoms with Crippen LogP contribution in [0.1, 0.15) is 40.7 Å². The van der Waals surface area contributed by atoms with Crippen molar-refractivity contribution in [2.75, 3.05) is 32.7 Å². The zero-order valence-electron chi connectivity index (χ0n) is 19.0. The summed E-state index contributed by atoms with van der Waals surface area (Å²) < 4.78 is 27.1. The van der Waals surface area contributed by atoms with Crippen LogP contribution in [-0.2, 0) is 21.2 Å². The Morgan fingerprint density at radius 1 is 1.06 bits per heavy atom. The van der Waals surface area contributed by atoms with Crippen LogP contribution in [0, 0.1) is 12.8 Å². The van der Waals surface area contributed by atoms with Crippen molar-refractivity contribution in [2.45, 2.75) is 37.5 Å². The van der Waals surface area contributed by atoms with E-state index >= 15 is 0 Å². The number of piperidine rings is 1. The van der Waals surface area contributed by atoms with E-state index in [1.807, 2.05) is 4.90 Å². The number of piperazine rings is 1. The molecule has 0 atom stereocenters. The number of hydrogen-bond acceptors (Lipinski definition) is 4. The first kappa shape index (κ1) is 23.4. The van der Waals surface area contributed by atoms with Gasteiger partial charge >= 0.3 is 0 Å². The second-order valence-corrected chi connectivity index (χ2v) is 10.9. The fraction of sp³-hybridized carbons (Fsp3) is 0.440. The lowest BCUT2D eigenvalue weighted by Gasteiger charge is -2.32. The van der Waals surface area contributed by atoms with Gasteiger partial charge in [-0.3, -0.25) is 9.59 Å². The lowest BCUT2D eigenvalue weighted by molar-refractivity contribution is -0.122. The number of nitrogens with zero attached hydrogens (tertiary/aromatic N) is 2. The van der Waals surface area contributed by atoms with Gasteiger partial charge in [-0.25, -0.2) is 8.42 Å². The Balaban J connectivity index is 1.35. The predicted molar refractivity (Wildman–Crippen MR) is 126 cm³/mol. The maximum absolute atomic E-state index is 13.1. The van der Waals surface area contributed by atoms with Crippen LogP contribution in [0.3, 0.4) is 0 Å². The molecule has 2 aromatic carbocycles. The Labute approximate surface area is 195 Å². The molecule has 7 nitrogen and oxygen atoms in total. The van der Waals surface area contributed by atoms with Crippen LogP contribution < -0.4 is 5.32 Å². The molecule has 0 radical (unpaired) electrons. The van der Waals surface area contributed by atoms with E-state index in [2.05, 4.69) is 36.5 Å². The molecule has 33 heavy (non-hydrogen) atoms. The maximum Gasteiger partial charge on any atom is 0.253 e. The van der Waals surface area contributed by atoms with Gasteiger partial charge in [0.25, 0.3) is 5.91 Å². The second kappa shape index (κ2) is 10.1. The predicted octanol–water partition coefficient (Wildman–Crippen LogP) is 2.60. The number of sulfonamides is 1.